The van der Waals surface area contributed by atoms with Gasteiger partial charge in [0.25, 0.3) is 0 Å². The summed E-state index contributed by atoms with van der Waals surface area (Å²) in [6, 6.07) is 0. The first kappa shape index (κ1) is 26.2. The number of esters is 1. The molecule has 1 unspecified atom stereocenters. The number of rotatable bonds is 11. The minimum atomic E-state index is -2.11. The lowest BCUT2D eigenvalue weighted by Gasteiger charge is -2.41. The predicted molar refractivity (Wildman–Crippen MR) is 101 cm³/mol. The van der Waals surface area contributed by atoms with Crippen LogP contribution in [0.25, 0.3) is 0 Å². The van der Waals surface area contributed by atoms with Crippen LogP contribution in [0.4, 0.5) is 0 Å². The summed E-state index contributed by atoms with van der Waals surface area (Å²) in [5.74, 6) is -1.09. The van der Waals surface area contributed by atoms with Crippen molar-refractivity contribution in [1.29, 1.82) is 0 Å². The Bertz CT molecular complexity index is 501. The molecular formula is C19H36O10. The summed E-state index contributed by atoms with van der Waals surface area (Å²) in [7, 11) is 0. The zero-order valence-corrected chi connectivity index (χ0v) is 17.5. The van der Waals surface area contributed by atoms with Crippen molar-refractivity contribution in [2.75, 3.05) is 6.61 Å². The van der Waals surface area contributed by atoms with E-state index in [1.807, 2.05) is 6.92 Å². The Labute approximate surface area is 171 Å². The highest BCUT2D eigenvalue weighted by molar-refractivity contribution is 5.80. The first-order valence-electron chi connectivity index (χ1n) is 10.1. The van der Waals surface area contributed by atoms with E-state index in [1.165, 1.54) is 13.8 Å². The molecule has 1 heterocycles. The normalized spacial score (nSPS) is 32.8. The minimum Gasteiger partial charge on any atom is -0.461 e. The molecular weight excluding hydrogens is 388 g/mol. The Balaban J connectivity index is 2.70. The lowest BCUT2D eigenvalue weighted by atomic mass is 9.95. The fourth-order valence-electron chi connectivity index (χ4n) is 2.99. The Hall–Kier alpha value is -0.850. The Morgan fingerprint density at radius 3 is 2.21 bits per heavy atom. The van der Waals surface area contributed by atoms with Gasteiger partial charge in [0.15, 0.2) is 11.9 Å². The lowest BCUT2D eigenvalue weighted by Crippen LogP contribution is -2.60. The van der Waals surface area contributed by atoms with E-state index in [-0.39, 0.29) is 6.42 Å². The molecule has 0 aromatic heterocycles. The summed E-state index contributed by atoms with van der Waals surface area (Å²) in [4.78, 5) is 12.1. The number of hydrogen-bond donors (Lipinski definition) is 6. The standard InChI is InChI=1S/C19H36O10/c1-5-12(21)8-7-10(3)28-17-16(24)15(23)14(22)13(29-17)9-27-18(25)19(26,6-2)11(4)20/h10-17,20-24,26H,5-9H2,1-4H3/t10-,11-,12?,13-,14-,15+,16-,17-,19+/m1/s1. The van der Waals surface area contributed by atoms with Gasteiger partial charge in [-0.05, 0) is 39.5 Å². The van der Waals surface area contributed by atoms with Crippen molar-refractivity contribution in [3.63, 3.8) is 0 Å². The molecule has 0 aromatic rings. The number of aliphatic hydroxyl groups is 6. The highest BCUT2D eigenvalue weighted by Gasteiger charge is 2.46. The van der Waals surface area contributed by atoms with E-state index in [0.29, 0.717) is 19.3 Å². The molecule has 10 heteroatoms. The fraction of sp³-hybridized carbons (Fsp3) is 0.947. The third-order valence-corrected chi connectivity index (χ3v) is 5.37. The van der Waals surface area contributed by atoms with E-state index in [0.717, 1.165) is 0 Å². The quantitative estimate of drug-likeness (QED) is 0.222. The first-order chi connectivity index (χ1) is 13.5. The molecule has 1 aliphatic heterocycles. The molecule has 1 saturated heterocycles. The van der Waals surface area contributed by atoms with Crippen LogP contribution in [-0.2, 0) is 19.0 Å². The monoisotopic (exact) mass is 424 g/mol. The van der Waals surface area contributed by atoms with Gasteiger partial charge in [-0.15, -0.1) is 0 Å². The maximum Gasteiger partial charge on any atom is 0.340 e. The van der Waals surface area contributed by atoms with Gasteiger partial charge in [0.05, 0.1) is 18.3 Å². The average molecular weight is 424 g/mol. The van der Waals surface area contributed by atoms with Crippen molar-refractivity contribution < 1.29 is 49.6 Å². The van der Waals surface area contributed by atoms with Gasteiger partial charge in [-0.25, -0.2) is 4.79 Å². The predicted octanol–water partition coefficient (Wildman–Crippen LogP) is -1.18. The van der Waals surface area contributed by atoms with Crippen molar-refractivity contribution in [2.24, 2.45) is 0 Å². The second kappa shape index (κ2) is 11.5. The zero-order chi connectivity index (χ0) is 22.4. The maximum absolute atomic E-state index is 12.1. The van der Waals surface area contributed by atoms with Crippen LogP contribution in [0.1, 0.15) is 53.4 Å². The second-order valence-electron chi connectivity index (χ2n) is 7.65. The number of carbonyl (C=O) groups is 1. The van der Waals surface area contributed by atoms with Crippen LogP contribution in [0, 0.1) is 0 Å². The minimum absolute atomic E-state index is 0.0915. The highest BCUT2D eigenvalue weighted by atomic mass is 16.7. The van der Waals surface area contributed by atoms with Crippen molar-refractivity contribution in [1.82, 2.24) is 0 Å². The summed E-state index contributed by atoms with van der Waals surface area (Å²) in [5, 5.41) is 59.8. The van der Waals surface area contributed by atoms with Gasteiger partial charge < -0.3 is 44.8 Å². The molecule has 0 radical (unpaired) electrons. The van der Waals surface area contributed by atoms with Gasteiger partial charge in [-0.3, -0.25) is 0 Å². The van der Waals surface area contributed by atoms with Gasteiger partial charge in [0.2, 0.25) is 0 Å². The molecule has 29 heavy (non-hydrogen) atoms. The van der Waals surface area contributed by atoms with Crippen molar-refractivity contribution >= 4 is 5.97 Å². The zero-order valence-electron chi connectivity index (χ0n) is 17.5. The Kier molecular flexibility index (Phi) is 10.4. The second-order valence-corrected chi connectivity index (χ2v) is 7.65. The van der Waals surface area contributed by atoms with Gasteiger partial charge in [-0.1, -0.05) is 13.8 Å². The van der Waals surface area contributed by atoms with Crippen LogP contribution in [0.2, 0.25) is 0 Å². The number of carbonyl (C=O) groups excluding carboxylic acids is 1. The summed E-state index contributed by atoms with van der Waals surface area (Å²) >= 11 is 0. The number of aliphatic hydroxyl groups excluding tert-OH is 5. The van der Waals surface area contributed by atoms with Gasteiger partial charge >= 0.3 is 5.97 Å². The summed E-state index contributed by atoms with van der Waals surface area (Å²) in [6.45, 7) is 5.79. The van der Waals surface area contributed by atoms with Gasteiger partial charge in [-0.2, -0.15) is 0 Å². The summed E-state index contributed by atoms with van der Waals surface area (Å²) in [6.07, 6.45) is -7.97. The van der Waals surface area contributed by atoms with Crippen molar-refractivity contribution in [3.8, 4) is 0 Å². The van der Waals surface area contributed by atoms with Crippen LogP contribution in [-0.4, -0.2) is 97.8 Å². The SMILES string of the molecule is CCC(O)CC[C@@H](C)O[C@@H]1O[C@H](COC(=O)[C@](O)(CC)[C@@H](C)O)[C@@H](O)[C@H](O)[C@H]1O. The van der Waals surface area contributed by atoms with Crippen LogP contribution in [0.3, 0.4) is 0 Å². The fourth-order valence-corrected chi connectivity index (χ4v) is 2.99. The third-order valence-electron chi connectivity index (χ3n) is 5.37. The van der Waals surface area contributed by atoms with Crippen LogP contribution in [0.15, 0.2) is 0 Å². The topological polar surface area (TPSA) is 166 Å². The van der Waals surface area contributed by atoms with E-state index in [1.54, 1.807) is 6.92 Å². The maximum atomic E-state index is 12.1. The van der Waals surface area contributed by atoms with E-state index in [4.69, 9.17) is 14.2 Å². The van der Waals surface area contributed by atoms with Gasteiger partial charge in [0.1, 0.15) is 31.0 Å². The number of ether oxygens (including phenoxy) is 3. The molecule has 0 amide bonds. The molecule has 1 aliphatic rings. The molecule has 0 aromatic carbocycles. The van der Waals surface area contributed by atoms with Gasteiger partial charge in [0, 0.05) is 0 Å². The largest absolute Gasteiger partial charge is 0.461 e. The molecule has 172 valence electrons. The van der Waals surface area contributed by atoms with E-state index >= 15 is 0 Å². The van der Waals surface area contributed by atoms with Crippen LogP contribution in [0.5, 0.6) is 0 Å². The third kappa shape index (κ3) is 6.83. The summed E-state index contributed by atoms with van der Waals surface area (Å²) in [5.41, 5.74) is -2.11. The molecule has 0 saturated carbocycles. The lowest BCUT2D eigenvalue weighted by molar-refractivity contribution is -0.311. The molecule has 0 spiro atoms. The van der Waals surface area contributed by atoms with E-state index in [2.05, 4.69) is 0 Å². The van der Waals surface area contributed by atoms with Crippen LogP contribution < -0.4 is 0 Å². The average Bonchev–Trinajstić information content (AvgIpc) is 2.70. The molecule has 0 aliphatic carbocycles. The molecule has 10 nitrogen and oxygen atoms in total. The van der Waals surface area contributed by atoms with Crippen molar-refractivity contribution in [2.45, 2.75) is 108 Å². The first-order valence-corrected chi connectivity index (χ1v) is 10.1. The smallest absolute Gasteiger partial charge is 0.340 e. The Morgan fingerprint density at radius 1 is 1.07 bits per heavy atom. The summed E-state index contributed by atoms with van der Waals surface area (Å²) < 4.78 is 16.1. The molecule has 6 N–H and O–H groups in total. The van der Waals surface area contributed by atoms with Crippen molar-refractivity contribution in [3.05, 3.63) is 0 Å². The van der Waals surface area contributed by atoms with E-state index in [9.17, 15) is 35.4 Å². The molecule has 1 rings (SSSR count). The molecule has 1 fully saturated rings. The van der Waals surface area contributed by atoms with Crippen LogP contribution >= 0.6 is 0 Å². The van der Waals surface area contributed by atoms with E-state index < -0.39 is 67.2 Å². The number of hydrogen-bond acceptors (Lipinski definition) is 10. The Morgan fingerprint density at radius 2 is 1.69 bits per heavy atom. The molecule has 0 bridgehead atoms. The highest BCUT2D eigenvalue weighted by Crippen LogP contribution is 2.25. The molecule has 9 atom stereocenters.